The molecule has 108 valence electrons. The van der Waals surface area contributed by atoms with Crippen LogP contribution in [-0.4, -0.2) is 30.8 Å². The van der Waals surface area contributed by atoms with Crippen molar-refractivity contribution >= 4 is 11.9 Å². The molecular weight excluding hydrogens is 260 g/mol. The Morgan fingerprint density at radius 2 is 2.15 bits per heavy atom. The Morgan fingerprint density at radius 3 is 2.80 bits per heavy atom. The van der Waals surface area contributed by atoms with Gasteiger partial charge in [0, 0.05) is 0 Å². The van der Waals surface area contributed by atoms with Gasteiger partial charge in [-0.05, 0) is 37.3 Å². The molecule has 0 aliphatic carbocycles. The topological polar surface area (TPSA) is 72.8 Å². The van der Waals surface area contributed by atoms with E-state index in [-0.39, 0.29) is 12.3 Å². The van der Waals surface area contributed by atoms with Gasteiger partial charge in [0.25, 0.3) is 0 Å². The summed E-state index contributed by atoms with van der Waals surface area (Å²) in [4.78, 5) is 23.3. The Balaban J connectivity index is 2.29. The molecule has 0 radical (unpaired) electrons. The summed E-state index contributed by atoms with van der Waals surface area (Å²) in [6, 6.07) is 7.53. The summed E-state index contributed by atoms with van der Waals surface area (Å²) < 4.78 is 10.2. The van der Waals surface area contributed by atoms with Crippen LogP contribution in [0.5, 0.6) is 5.75 Å². The van der Waals surface area contributed by atoms with Gasteiger partial charge in [-0.2, -0.15) is 0 Å². The van der Waals surface area contributed by atoms with Crippen molar-refractivity contribution < 1.29 is 24.2 Å². The van der Waals surface area contributed by atoms with Crippen molar-refractivity contribution in [1.82, 2.24) is 0 Å². The zero-order chi connectivity index (χ0) is 14.8. The predicted octanol–water partition coefficient (Wildman–Crippen LogP) is 2.21. The van der Waals surface area contributed by atoms with Crippen molar-refractivity contribution in [3.63, 3.8) is 0 Å². The van der Waals surface area contributed by atoms with Crippen LogP contribution in [0.3, 0.4) is 0 Å². The van der Waals surface area contributed by atoms with E-state index < -0.39 is 17.4 Å². The number of para-hydroxylation sites is 1. The second-order valence-electron chi connectivity index (χ2n) is 5.20. The van der Waals surface area contributed by atoms with Crippen LogP contribution in [0.4, 0.5) is 0 Å². The van der Waals surface area contributed by atoms with E-state index in [0.717, 1.165) is 11.3 Å². The summed E-state index contributed by atoms with van der Waals surface area (Å²) in [7, 11) is 1.21. The fourth-order valence-corrected chi connectivity index (χ4v) is 2.60. The molecule has 0 saturated carbocycles. The maximum absolute atomic E-state index is 11.8. The van der Waals surface area contributed by atoms with Crippen LogP contribution in [0, 0.1) is 5.41 Å². The van der Waals surface area contributed by atoms with Gasteiger partial charge in [0.2, 0.25) is 0 Å². The number of fused-ring (bicyclic) bond motifs is 1. The molecule has 0 spiro atoms. The lowest BCUT2D eigenvalue weighted by Gasteiger charge is -2.31. The summed E-state index contributed by atoms with van der Waals surface area (Å²) in [5.74, 6) is -1.14. The molecule has 0 aromatic heterocycles. The minimum absolute atomic E-state index is 0.0276. The number of hydrogen-bond donors (Lipinski definition) is 1. The number of rotatable bonds is 4. The Bertz CT molecular complexity index is 525. The van der Waals surface area contributed by atoms with Gasteiger partial charge >= 0.3 is 11.9 Å². The van der Waals surface area contributed by atoms with E-state index in [1.807, 2.05) is 24.3 Å². The summed E-state index contributed by atoms with van der Waals surface area (Å²) in [6.45, 7) is 1.94. The second-order valence-corrected chi connectivity index (χ2v) is 5.20. The quantitative estimate of drug-likeness (QED) is 0.675. The largest absolute Gasteiger partial charge is 0.493 e. The van der Waals surface area contributed by atoms with Gasteiger partial charge < -0.3 is 14.6 Å². The van der Waals surface area contributed by atoms with E-state index in [4.69, 9.17) is 4.74 Å². The molecule has 20 heavy (non-hydrogen) atoms. The van der Waals surface area contributed by atoms with E-state index in [9.17, 15) is 14.7 Å². The Hall–Kier alpha value is -2.04. The number of carboxylic acid groups (broad SMARTS) is 1. The highest BCUT2D eigenvalue weighted by molar-refractivity contribution is 5.98. The summed E-state index contributed by atoms with van der Waals surface area (Å²) in [5.41, 5.74) is -0.584. The molecule has 0 fully saturated rings. The van der Waals surface area contributed by atoms with E-state index in [1.165, 1.54) is 14.0 Å². The number of carbonyl (C=O) groups is 2. The van der Waals surface area contributed by atoms with Crippen LogP contribution in [0.2, 0.25) is 0 Å². The average Bonchev–Trinajstić information content (AvgIpc) is 2.46. The van der Waals surface area contributed by atoms with Crippen LogP contribution >= 0.6 is 0 Å². The average molecular weight is 278 g/mol. The minimum Gasteiger partial charge on any atom is -0.493 e. The van der Waals surface area contributed by atoms with Gasteiger partial charge in [-0.1, -0.05) is 18.2 Å². The smallest absolute Gasteiger partial charge is 0.322 e. The molecule has 1 heterocycles. The fourth-order valence-electron chi connectivity index (χ4n) is 2.60. The maximum atomic E-state index is 11.8. The number of methoxy groups -OCH3 is 1. The predicted molar refractivity (Wildman–Crippen MR) is 71.7 cm³/mol. The highest BCUT2D eigenvalue weighted by atomic mass is 16.5. The van der Waals surface area contributed by atoms with Crippen molar-refractivity contribution in [3.8, 4) is 5.75 Å². The number of ether oxygens (including phenoxy) is 2. The molecule has 1 N–H and O–H groups in total. The first-order chi connectivity index (χ1) is 9.49. The Morgan fingerprint density at radius 1 is 1.45 bits per heavy atom. The first-order valence-corrected chi connectivity index (χ1v) is 6.52. The molecular formula is C15H18O5. The summed E-state index contributed by atoms with van der Waals surface area (Å²) in [6.07, 6.45) is 0.895. The lowest BCUT2D eigenvalue weighted by Crippen LogP contribution is -2.39. The van der Waals surface area contributed by atoms with Gasteiger partial charge in [-0.25, -0.2) is 0 Å². The molecule has 5 heteroatoms. The van der Waals surface area contributed by atoms with E-state index in [0.29, 0.717) is 13.0 Å². The standard InChI is InChI=1S/C15H18O5/c1-15(13(16)17,14(18)19-2)9-10-7-8-20-12-6-4-3-5-11(10)12/h3-6,10H,7-9H2,1-2H3,(H,16,17). The van der Waals surface area contributed by atoms with Gasteiger partial charge in [0.05, 0.1) is 13.7 Å². The first kappa shape index (κ1) is 14.4. The van der Waals surface area contributed by atoms with E-state index >= 15 is 0 Å². The lowest BCUT2D eigenvalue weighted by molar-refractivity contribution is -0.166. The summed E-state index contributed by atoms with van der Waals surface area (Å²) >= 11 is 0. The van der Waals surface area contributed by atoms with Gasteiger partial charge in [-0.3, -0.25) is 9.59 Å². The number of hydrogen-bond acceptors (Lipinski definition) is 4. The van der Waals surface area contributed by atoms with Crippen molar-refractivity contribution in [3.05, 3.63) is 29.8 Å². The molecule has 2 unspecified atom stereocenters. The van der Waals surface area contributed by atoms with E-state index in [2.05, 4.69) is 4.74 Å². The fraction of sp³-hybridized carbons (Fsp3) is 0.467. The molecule has 0 saturated heterocycles. The minimum atomic E-state index is -1.54. The van der Waals surface area contributed by atoms with Gasteiger partial charge in [-0.15, -0.1) is 0 Å². The van der Waals surface area contributed by atoms with Crippen LogP contribution < -0.4 is 4.74 Å². The molecule has 2 atom stereocenters. The molecule has 1 aromatic rings. The van der Waals surface area contributed by atoms with Crippen LogP contribution in [0.1, 0.15) is 31.2 Å². The number of carboxylic acids is 1. The normalized spacial score (nSPS) is 20.2. The van der Waals surface area contributed by atoms with Crippen LogP contribution in [0.25, 0.3) is 0 Å². The number of benzene rings is 1. The monoisotopic (exact) mass is 278 g/mol. The Labute approximate surface area is 117 Å². The lowest BCUT2D eigenvalue weighted by atomic mass is 9.76. The van der Waals surface area contributed by atoms with Gasteiger partial charge in [0.1, 0.15) is 5.75 Å². The first-order valence-electron chi connectivity index (χ1n) is 6.52. The maximum Gasteiger partial charge on any atom is 0.322 e. The van der Waals surface area contributed by atoms with Crippen molar-refractivity contribution in [1.29, 1.82) is 0 Å². The van der Waals surface area contributed by atoms with Gasteiger partial charge in [0.15, 0.2) is 5.41 Å². The molecule has 0 bridgehead atoms. The number of esters is 1. The number of aliphatic carboxylic acids is 1. The molecule has 1 aliphatic heterocycles. The zero-order valence-electron chi connectivity index (χ0n) is 11.6. The molecule has 1 aliphatic rings. The highest BCUT2D eigenvalue weighted by Crippen LogP contribution is 2.41. The third-order valence-electron chi connectivity index (χ3n) is 3.85. The third-order valence-corrected chi connectivity index (χ3v) is 3.85. The molecule has 1 aromatic carbocycles. The molecule has 5 nitrogen and oxygen atoms in total. The molecule has 0 amide bonds. The van der Waals surface area contributed by atoms with Crippen molar-refractivity contribution in [2.24, 2.45) is 5.41 Å². The van der Waals surface area contributed by atoms with Crippen molar-refractivity contribution in [2.75, 3.05) is 13.7 Å². The van der Waals surface area contributed by atoms with Crippen LogP contribution in [-0.2, 0) is 14.3 Å². The third kappa shape index (κ3) is 2.48. The SMILES string of the molecule is COC(=O)C(C)(CC1CCOc2ccccc21)C(=O)O. The Kier molecular flexibility index (Phi) is 3.97. The summed E-state index contributed by atoms with van der Waals surface area (Å²) in [5, 5.41) is 9.38. The highest BCUT2D eigenvalue weighted by Gasteiger charge is 2.45. The van der Waals surface area contributed by atoms with E-state index in [1.54, 1.807) is 0 Å². The van der Waals surface area contributed by atoms with Crippen molar-refractivity contribution in [2.45, 2.75) is 25.7 Å². The zero-order valence-corrected chi connectivity index (χ0v) is 11.6. The van der Waals surface area contributed by atoms with Crippen LogP contribution in [0.15, 0.2) is 24.3 Å². The second kappa shape index (κ2) is 5.53. The number of carbonyl (C=O) groups excluding carboxylic acids is 1. The molecule has 2 rings (SSSR count).